The number of carbonyl (C=O) groups excluding carboxylic acids is 1. The summed E-state index contributed by atoms with van der Waals surface area (Å²) in [5, 5.41) is 2.91. The highest BCUT2D eigenvalue weighted by Gasteiger charge is 2.27. The van der Waals surface area contributed by atoms with Crippen molar-refractivity contribution in [1.82, 2.24) is 9.62 Å². The van der Waals surface area contributed by atoms with Gasteiger partial charge in [0.15, 0.2) is 0 Å². The van der Waals surface area contributed by atoms with Crippen LogP contribution in [0.2, 0.25) is 0 Å². The molecule has 180 valence electrons. The Morgan fingerprint density at radius 2 is 1.70 bits per heavy atom. The third-order valence-corrected chi connectivity index (χ3v) is 7.44. The van der Waals surface area contributed by atoms with E-state index in [1.54, 1.807) is 25.3 Å². The summed E-state index contributed by atoms with van der Waals surface area (Å²) in [6.07, 6.45) is 2.33. The van der Waals surface area contributed by atoms with Crippen LogP contribution in [-0.4, -0.2) is 58.6 Å². The number of hydrogen-bond acceptors (Lipinski definition) is 6. The van der Waals surface area contributed by atoms with Gasteiger partial charge >= 0.3 is 0 Å². The molecule has 1 aliphatic rings. The summed E-state index contributed by atoms with van der Waals surface area (Å²) >= 11 is 0. The number of aryl methyl sites for hydroxylation is 1. The van der Waals surface area contributed by atoms with Gasteiger partial charge in [0, 0.05) is 19.5 Å². The van der Waals surface area contributed by atoms with Crippen LogP contribution in [0.3, 0.4) is 0 Å². The summed E-state index contributed by atoms with van der Waals surface area (Å²) in [7, 11) is -0.392. The largest absolute Gasteiger partial charge is 0.497 e. The van der Waals surface area contributed by atoms with E-state index in [1.165, 1.54) is 11.4 Å². The number of amides is 1. The van der Waals surface area contributed by atoms with Crippen molar-refractivity contribution in [3.63, 3.8) is 0 Å². The van der Waals surface area contributed by atoms with Crippen LogP contribution in [0.4, 0.5) is 0 Å². The lowest BCUT2D eigenvalue weighted by Crippen LogP contribution is -2.36. The molecular weight excluding hydrogens is 444 g/mol. The zero-order valence-electron chi connectivity index (χ0n) is 19.4. The molecule has 0 bridgehead atoms. The molecule has 0 aromatic heterocycles. The van der Waals surface area contributed by atoms with E-state index >= 15 is 0 Å². The molecule has 1 amide bonds. The molecule has 9 heteroatoms. The lowest BCUT2D eigenvalue weighted by Gasteiger charge is -2.18. The second-order valence-electron chi connectivity index (χ2n) is 8.04. The van der Waals surface area contributed by atoms with Crippen LogP contribution in [0.1, 0.15) is 31.7 Å². The molecular formula is C24H32N2O6S. The topological polar surface area (TPSA) is 94.2 Å². The molecule has 3 rings (SSSR count). The highest BCUT2D eigenvalue weighted by atomic mass is 32.2. The van der Waals surface area contributed by atoms with Crippen molar-refractivity contribution >= 4 is 15.9 Å². The first-order chi connectivity index (χ1) is 15.8. The van der Waals surface area contributed by atoms with Crippen LogP contribution in [0, 0.1) is 0 Å². The highest BCUT2D eigenvalue weighted by molar-refractivity contribution is 7.89. The molecule has 0 saturated carbocycles. The molecule has 2 aromatic carbocycles. The lowest BCUT2D eigenvalue weighted by molar-refractivity contribution is -0.121. The molecule has 1 N–H and O–H groups in total. The number of rotatable bonds is 11. The quantitative estimate of drug-likeness (QED) is 0.536. The number of sulfonamides is 1. The minimum atomic E-state index is -3.53. The fourth-order valence-corrected chi connectivity index (χ4v) is 5.29. The molecule has 1 atom stereocenters. The van der Waals surface area contributed by atoms with E-state index in [9.17, 15) is 13.2 Å². The van der Waals surface area contributed by atoms with Crippen molar-refractivity contribution in [2.45, 2.75) is 43.5 Å². The molecule has 0 radical (unpaired) electrons. The molecule has 0 spiro atoms. The summed E-state index contributed by atoms with van der Waals surface area (Å²) in [5.41, 5.74) is 0.690. The number of benzene rings is 2. The van der Waals surface area contributed by atoms with Crippen molar-refractivity contribution in [2.75, 3.05) is 33.9 Å². The maximum atomic E-state index is 12.9. The van der Waals surface area contributed by atoms with Crippen LogP contribution in [0.5, 0.6) is 17.2 Å². The highest BCUT2D eigenvalue weighted by Crippen LogP contribution is 2.27. The normalized spacial score (nSPS) is 15.1. The van der Waals surface area contributed by atoms with E-state index in [0.29, 0.717) is 43.2 Å². The van der Waals surface area contributed by atoms with Gasteiger partial charge in [-0.05, 0) is 74.2 Å². The van der Waals surface area contributed by atoms with Gasteiger partial charge in [-0.1, -0.05) is 0 Å². The summed E-state index contributed by atoms with van der Waals surface area (Å²) < 4.78 is 43.5. The van der Waals surface area contributed by atoms with Crippen LogP contribution < -0.4 is 19.5 Å². The van der Waals surface area contributed by atoms with Gasteiger partial charge in [0.1, 0.15) is 23.9 Å². The first-order valence-corrected chi connectivity index (χ1v) is 12.5. The fraction of sp³-hybridized carbons (Fsp3) is 0.458. The lowest BCUT2D eigenvalue weighted by atomic mass is 10.1. The van der Waals surface area contributed by atoms with Gasteiger partial charge in [0.25, 0.3) is 0 Å². The molecule has 33 heavy (non-hydrogen) atoms. The van der Waals surface area contributed by atoms with Crippen LogP contribution in [0.15, 0.2) is 47.4 Å². The Hall–Kier alpha value is -2.78. The van der Waals surface area contributed by atoms with Crippen LogP contribution in [0.25, 0.3) is 0 Å². The summed E-state index contributed by atoms with van der Waals surface area (Å²) in [6, 6.07) is 11.9. The zero-order chi connectivity index (χ0) is 23.8. The maximum Gasteiger partial charge on any atom is 0.243 e. The van der Waals surface area contributed by atoms with Crippen molar-refractivity contribution in [1.29, 1.82) is 0 Å². The number of methoxy groups -OCH3 is 2. The molecule has 1 heterocycles. The van der Waals surface area contributed by atoms with Gasteiger partial charge in [0.05, 0.1) is 25.2 Å². The Labute approximate surface area is 195 Å². The molecule has 1 fully saturated rings. The van der Waals surface area contributed by atoms with Crippen molar-refractivity contribution in [3.05, 3.63) is 48.0 Å². The summed E-state index contributed by atoms with van der Waals surface area (Å²) in [6.45, 7) is 3.28. The van der Waals surface area contributed by atoms with Gasteiger partial charge in [-0.25, -0.2) is 8.42 Å². The van der Waals surface area contributed by atoms with E-state index in [1.807, 2.05) is 31.2 Å². The first kappa shape index (κ1) is 24.9. The minimum Gasteiger partial charge on any atom is -0.497 e. The van der Waals surface area contributed by atoms with Gasteiger partial charge in [-0.3, -0.25) is 4.79 Å². The van der Waals surface area contributed by atoms with E-state index in [0.717, 1.165) is 18.6 Å². The Balaban J connectivity index is 1.55. The van der Waals surface area contributed by atoms with Crippen molar-refractivity contribution < 1.29 is 27.4 Å². The second-order valence-corrected chi connectivity index (χ2v) is 9.98. The standard InChI is InChI=1S/C24H32N2O6S/c1-18(17-32-21-9-7-20(30-2)8-10-21)25-24(27)13-6-19-16-22(11-12-23(19)31-3)33(28,29)26-14-4-5-15-26/h7-12,16,18H,4-6,13-15,17H2,1-3H3,(H,25,27). The second kappa shape index (κ2) is 11.4. The van der Waals surface area contributed by atoms with E-state index in [2.05, 4.69) is 5.32 Å². The van der Waals surface area contributed by atoms with E-state index < -0.39 is 10.0 Å². The SMILES string of the molecule is COc1ccc(OCC(C)NC(=O)CCc2cc(S(=O)(=O)N3CCCC3)ccc2OC)cc1. The Kier molecular flexibility index (Phi) is 8.57. The average Bonchev–Trinajstić information content (AvgIpc) is 3.37. The van der Waals surface area contributed by atoms with Crippen molar-refractivity contribution in [2.24, 2.45) is 0 Å². The van der Waals surface area contributed by atoms with Gasteiger partial charge in [0.2, 0.25) is 15.9 Å². The Morgan fingerprint density at radius 1 is 1.03 bits per heavy atom. The Bertz CT molecular complexity index is 1030. The fourth-order valence-electron chi connectivity index (χ4n) is 3.72. The van der Waals surface area contributed by atoms with Gasteiger partial charge in [-0.15, -0.1) is 0 Å². The first-order valence-electron chi connectivity index (χ1n) is 11.1. The monoisotopic (exact) mass is 476 g/mol. The number of carbonyl (C=O) groups is 1. The molecule has 1 aliphatic heterocycles. The predicted molar refractivity (Wildman–Crippen MR) is 125 cm³/mol. The summed E-state index contributed by atoms with van der Waals surface area (Å²) in [5.74, 6) is 1.86. The maximum absolute atomic E-state index is 12.9. The molecule has 0 aliphatic carbocycles. The number of hydrogen-bond donors (Lipinski definition) is 1. The average molecular weight is 477 g/mol. The molecule has 8 nitrogen and oxygen atoms in total. The third kappa shape index (κ3) is 6.61. The molecule has 1 unspecified atom stereocenters. The van der Waals surface area contributed by atoms with Crippen LogP contribution >= 0.6 is 0 Å². The van der Waals surface area contributed by atoms with E-state index in [-0.39, 0.29) is 23.3 Å². The molecule has 2 aromatic rings. The van der Waals surface area contributed by atoms with Gasteiger partial charge < -0.3 is 19.5 Å². The van der Waals surface area contributed by atoms with Gasteiger partial charge in [-0.2, -0.15) is 4.31 Å². The minimum absolute atomic E-state index is 0.143. The van der Waals surface area contributed by atoms with E-state index in [4.69, 9.17) is 14.2 Å². The number of ether oxygens (including phenoxy) is 3. The Morgan fingerprint density at radius 3 is 2.33 bits per heavy atom. The van der Waals surface area contributed by atoms with Crippen LogP contribution in [-0.2, 0) is 21.2 Å². The number of nitrogens with zero attached hydrogens (tertiary/aromatic N) is 1. The number of nitrogens with one attached hydrogen (secondary N) is 1. The van der Waals surface area contributed by atoms with Crippen molar-refractivity contribution in [3.8, 4) is 17.2 Å². The third-order valence-electron chi connectivity index (χ3n) is 5.54. The smallest absolute Gasteiger partial charge is 0.243 e. The molecule has 1 saturated heterocycles. The predicted octanol–water partition coefficient (Wildman–Crippen LogP) is 3.00. The zero-order valence-corrected chi connectivity index (χ0v) is 20.2. The summed E-state index contributed by atoms with van der Waals surface area (Å²) in [4.78, 5) is 12.7.